The molecule has 2 N–H and O–H groups in total. The number of para-hydroxylation sites is 1. The number of aromatic nitrogens is 2. The molecule has 0 unspecified atom stereocenters. The molecule has 1 aliphatic heterocycles. The molecule has 0 bridgehead atoms. The molecule has 0 aliphatic carbocycles. The second-order valence-corrected chi connectivity index (χ2v) is 12.7. The second-order valence-electron chi connectivity index (χ2n) is 12.7. The van der Waals surface area contributed by atoms with Crippen LogP contribution in [0.4, 0.5) is 11.4 Å². The van der Waals surface area contributed by atoms with E-state index in [9.17, 15) is 9.59 Å². The number of pyridine rings is 2. The molecule has 0 atom stereocenters. The van der Waals surface area contributed by atoms with Crippen molar-refractivity contribution in [3.63, 3.8) is 0 Å². The van der Waals surface area contributed by atoms with Gasteiger partial charge in [0.2, 0.25) is 0 Å². The molecule has 4 aromatic carbocycles. The standard InChI is InChI=1S/C42H39N5O4/c1-50-39-23-36(38(24-40(39)51-2)46-41(48)34-22-32-8-3-4-11-37(32)44-26-34)42(49)45-35-14-12-29(13-15-35)30-16-19-47(20-17-30)27-28-7-5-9-31(21-28)33-10-6-18-43-25-33/h3-15,18,21-26,30H,16-17,19-20,27H2,1-2H3,(H,45,49)(H,46,48). The van der Waals surface area contributed by atoms with Gasteiger partial charge in [-0.3, -0.25) is 24.5 Å². The van der Waals surface area contributed by atoms with Crippen molar-refractivity contribution in [3.8, 4) is 22.6 Å². The lowest BCUT2D eigenvalue weighted by Crippen LogP contribution is -2.32. The molecule has 0 saturated carbocycles. The summed E-state index contributed by atoms with van der Waals surface area (Å²) >= 11 is 0. The van der Waals surface area contributed by atoms with E-state index in [1.165, 1.54) is 37.1 Å². The van der Waals surface area contributed by atoms with Crippen LogP contribution in [0.5, 0.6) is 11.5 Å². The van der Waals surface area contributed by atoms with Gasteiger partial charge >= 0.3 is 0 Å². The number of carbonyl (C=O) groups is 2. The fraction of sp³-hybridized carbons (Fsp3) is 0.190. The smallest absolute Gasteiger partial charge is 0.257 e. The van der Waals surface area contributed by atoms with Gasteiger partial charge in [0.15, 0.2) is 11.5 Å². The van der Waals surface area contributed by atoms with Gasteiger partial charge in [-0.25, -0.2) is 0 Å². The molecule has 6 aromatic rings. The van der Waals surface area contributed by atoms with Crippen LogP contribution in [0.15, 0.2) is 122 Å². The lowest BCUT2D eigenvalue weighted by Gasteiger charge is -2.32. The molecule has 1 aliphatic rings. The van der Waals surface area contributed by atoms with Crippen molar-refractivity contribution in [2.75, 3.05) is 37.9 Å². The highest BCUT2D eigenvalue weighted by Gasteiger charge is 2.22. The molecule has 0 spiro atoms. The fourth-order valence-corrected chi connectivity index (χ4v) is 6.66. The Hall–Kier alpha value is -6.06. The lowest BCUT2D eigenvalue weighted by atomic mass is 9.89. The maximum Gasteiger partial charge on any atom is 0.257 e. The Morgan fingerprint density at radius 2 is 1.53 bits per heavy atom. The van der Waals surface area contributed by atoms with Crippen LogP contribution in [0.3, 0.4) is 0 Å². The first kappa shape index (κ1) is 33.4. The van der Waals surface area contributed by atoms with Gasteiger partial charge in [0.1, 0.15) is 0 Å². The summed E-state index contributed by atoms with van der Waals surface area (Å²) in [5.74, 6) is 0.412. The maximum absolute atomic E-state index is 13.7. The predicted octanol–water partition coefficient (Wildman–Crippen LogP) is 8.20. The third kappa shape index (κ3) is 7.74. The third-order valence-corrected chi connectivity index (χ3v) is 9.42. The third-order valence-electron chi connectivity index (χ3n) is 9.42. The number of hydrogen-bond donors (Lipinski definition) is 2. The van der Waals surface area contributed by atoms with Crippen LogP contribution in [-0.2, 0) is 6.54 Å². The van der Waals surface area contributed by atoms with Crippen LogP contribution in [0.1, 0.15) is 50.6 Å². The predicted molar refractivity (Wildman–Crippen MR) is 201 cm³/mol. The Balaban J connectivity index is 0.997. The van der Waals surface area contributed by atoms with Crippen LogP contribution >= 0.6 is 0 Å². The minimum absolute atomic E-state index is 0.233. The zero-order valence-electron chi connectivity index (χ0n) is 28.6. The quantitative estimate of drug-likeness (QED) is 0.151. The average Bonchev–Trinajstić information content (AvgIpc) is 3.18. The van der Waals surface area contributed by atoms with Crippen molar-refractivity contribution >= 4 is 34.1 Å². The van der Waals surface area contributed by atoms with Gasteiger partial charge in [0, 0.05) is 42.3 Å². The molecule has 2 amide bonds. The highest BCUT2D eigenvalue weighted by atomic mass is 16.5. The van der Waals surface area contributed by atoms with Crippen molar-refractivity contribution in [2.24, 2.45) is 0 Å². The summed E-state index contributed by atoms with van der Waals surface area (Å²) in [5, 5.41) is 6.72. The summed E-state index contributed by atoms with van der Waals surface area (Å²) in [6.45, 7) is 2.95. The van der Waals surface area contributed by atoms with Crippen molar-refractivity contribution in [1.82, 2.24) is 14.9 Å². The zero-order chi connectivity index (χ0) is 35.2. The average molecular weight is 678 g/mol. The molecule has 3 heterocycles. The minimum atomic E-state index is -0.400. The van der Waals surface area contributed by atoms with Gasteiger partial charge in [-0.15, -0.1) is 0 Å². The summed E-state index contributed by atoms with van der Waals surface area (Å²) in [4.78, 5) is 38.2. The molecule has 9 heteroatoms. The van der Waals surface area contributed by atoms with E-state index in [0.29, 0.717) is 28.7 Å². The van der Waals surface area contributed by atoms with Gasteiger partial charge in [0.05, 0.1) is 36.6 Å². The van der Waals surface area contributed by atoms with E-state index in [4.69, 9.17) is 9.47 Å². The number of amides is 2. The van der Waals surface area contributed by atoms with Crippen LogP contribution in [0.25, 0.3) is 22.0 Å². The minimum Gasteiger partial charge on any atom is -0.493 e. The number of benzene rings is 4. The lowest BCUT2D eigenvalue weighted by molar-refractivity contribution is 0.102. The highest BCUT2D eigenvalue weighted by molar-refractivity contribution is 6.13. The number of anilines is 2. The Bertz CT molecular complexity index is 2160. The van der Waals surface area contributed by atoms with E-state index in [1.54, 1.807) is 24.4 Å². The van der Waals surface area contributed by atoms with Gasteiger partial charge in [-0.1, -0.05) is 54.6 Å². The molecular weight excluding hydrogens is 638 g/mol. The first-order valence-corrected chi connectivity index (χ1v) is 17.0. The topological polar surface area (TPSA) is 106 Å². The Labute approximate surface area is 297 Å². The van der Waals surface area contributed by atoms with Crippen molar-refractivity contribution < 1.29 is 19.1 Å². The number of fused-ring (bicyclic) bond motifs is 1. The molecule has 256 valence electrons. The monoisotopic (exact) mass is 677 g/mol. The molecule has 51 heavy (non-hydrogen) atoms. The van der Waals surface area contributed by atoms with Crippen LogP contribution in [0.2, 0.25) is 0 Å². The summed E-state index contributed by atoms with van der Waals surface area (Å²) in [6.07, 6.45) is 7.35. The first-order chi connectivity index (χ1) is 25.0. The number of piperidine rings is 1. The number of rotatable bonds is 10. The molecular formula is C42H39N5O4. The number of nitrogens with zero attached hydrogens (tertiary/aromatic N) is 3. The number of nitrogens with one attached hydrogen (secondary N) is 2. The first-order valence-electron chi connectivity index (χ1n) is 17.0. The summed E-state index contributed by atoms with van der Waals surface area (Å²) in [6, 6.07) is 33.3. The molecule has 1 fully saturated rings. The van der Waals surface area contributed by atoms with E-state index >= 15 is 0 Å². The molecule has 7 rings (SSSR count). The number of methoxy groups -OCH3 is 2. The van der Waals surface area contributed by atoms with Crippen LogP contribution in [-0.4, -0.2) is 54.0 Å². The Morgan fingerprint density at radius 3 is 2.29 bits per heavy atom. The van der Waals surface area contributed by atoms with E-state index in [0.717, 1.165) is 48.9 Å². The van der Waals surface area contributed by atoms with Crippen molar-refractivity contribution in [3.05, 3.63) is 144 Å². The van der Waals surface area contributed by atoms with Gasteiger partial charge in [-0.05, 0) is 96.6 Å². The van der Waals surface area contributed by atoms with E-state index in [-0.39, 0.29) is 11.3 Å². The summed E-state index contributed by atoms with van der Waals surface area (Å²) in [7, 11) is 3.01. The van der Waals surface area contributed by atoms with E-state index in [1.807, 2.05) is 48.7 Å². The maximum atomic E-state index is 13.7. The zero-order valence-corrected chi connectivity index (χ0v) is 28.6. The normalized spacial score (nSPS) is 13.5. The van der Waals surface area contributed by atoms with Crippen LogP contribution in [0, 0.1) is 0 Å². The number of ether oxygens (including phenoxy) is 2. The van der Waals surface area contributed by atoms with Crippen LogP contribution < -0.4 is 20.1 Å². The Kier molecular flexibility index (Phi) is 9.98. The van der Waals surface area contributed by atoms with Crippen molar-refractivity contribution in [2.45, 2.75) is 25.3 Å². The van der Waals surface area contributed by atoms with E-state index < -0.39 is 11.8 Å². The van der Waals surface area contributed by atoms with Gasteiger partial charge < -0.3 is 20.1 Å². The molecule has 2 aromatic heterocycles. The SMILES string of the molecule is COc1cc(NC(=O)c2cnc3ccccc3c2)c(C(=O)Nc2ccc(C3CCN(Cc4cccc(-c5cccnc5)c4)CC3)cc2)cc1OC. The van der Waals surface area contributed by atoms with Crippen molar-refractivity contribution in [1.29, 1.82) is 0 Å². The molecule has 9 nitrogen and oxygen atoms in total. The fourth-order valence-electron chi connectivity index (χ4n) is 6.66. The summed E-state index contributed by atoms with van der Waals surface area (Å²) < 4.78 is 11.0. The van der Waals surface area contributed by atoms with E-state index in [2.05, 4.69) is 68.0 Å². The molecule has 0 radical (unpaired) electrons. The number of hydrogen-bond acceptors (Lipinski definition) is 7. The summed E-state index contributed by atoms with van der Waals surface area (Å²) in [5.41, 5.74) is 7.21. The van der Waals surface area contributed by atoms with Gasteiger partial charge in [0.25, 0.3) is 11.8 Å². The highest BCUT2D eigenvalue weighted by Crippen LogP contribution is 2.35. The number of carbonyl (C=O) groups excluding carboxylic acids is 2. The largest absolute Gasteiger partial charge is 0.493 e. The van der Waals surface area contributed by atoms with Gasteiger partial charge in [-0.2, -0.15) is 0 Å². The second kappa shape index (κ2) is 15.2. The Morgan fingerprint density at radius 1 is 0.765 bits per heavy atom. The molecule has 1 saturated heterocycles. The number of likely N-dealkylation sites (tertiary alicyclic amines) is 1.